The second-order valence-electron chi connectivity index (χ2n) is 4.87. The lowest BCUT2D eigenvalue weighted by Gasteiger charge is -2.18. The van der Waals surface area contributed by atoms with Gasteiger partial charge in [0.2, 0.25) is 5.91 Å². The van der Waals surface area contributed by atoms with Gasteiger partial charge in [-0.25, -0.2) is 0 Å². The highest BCUT2D eigenvalue weighted by Crippen LogP contribution is 2.24. The number of hydrogen-bond donors (Lipinski definition) is 3. The van der Waals surface area contributed by atoms with Crippen molar-refractivity contribution in [2.24, 2.45) is 16.8 Å². The summed E-state index contributed by atoms with van der Waals surface area (Å²) < 4.78 is 0. The molecule has 6 nitrogen and oxygen atoms in total. The van der Waals surface area contributed by atoms with Crippen LogP contribution in [0.4, 0.5) is 0 Å². The molecule has 1 aliphatic rings. The van der Waals surface area contributed by atoms with Crippen LogP contribution in [0.5, 0.6) is 0 Å². The summed E-state index contributed by atoms with van der Waals surface area (Å²) in [5, 5.41) is 14.4. The molecular formula is C12H24N4O2. The largest absolute Gasteiger partial charge is 0.409 e. The quantitative estimate of drug-likeness (QED) is 0.253. The molecule has 1 amide bonds. The Bertz CT molecular complexity index is 302. The minimum Gasteiger partial charge on any atom is -0.409 e. The lowest BCUT2D eigenvalue weighted by Crippen LogP contribution is -2.41. The summed E-state index contributed by atoms with van der Waals surface area (Å²) in [6.45, 7) is 3.40. The molecule has 0 aromatic heterocycles. The van der Waals surface area contributed by atoms with Crippen LogP contribution >= 0.6 is 0 Å². The topological polar surface area (TPSA) is 91.0 Å². The molecule has 1 atom stereocenters. The number of hydrogen-bond acceptors (Lipinski definition) is 4. The molecule has 1 aliphatic carbocycles. The molecule has 1 unspecified atom stereocenters. The van der Waals surface area contributed by atoms with Gasteiger partial charge in [-0.15, -0.1) is 0 Å². The lowest BCUT2D eigenvalue weighted by molar-refractivity contribution is -0.123. The SMILES string of the molecule is CCCC(C(=O)NCCN(C)C1CC1)C(N)=NO. The summed E-state index contributed by atoms with van der Waals surface area (Å²) in [5.41, 5.74) is 5.52. The molecule has 4 N–H and O–H groups in total. The third-order valence-electron chi connectivity index (χ3n) is 3.30. The third-order valence-corrected chi connectivity index (χ3v) is 3.30. The van der Waals surface area contributed by atoms with Crippen molar-refractivity contribution in [3.05, 3.63) is 0 Å². The van der Waals surface area contributed by atoms with Crippen LogP contribution in [0.2, 0.25) is 0 Å². The van der Waals surface area contributed by atoms with Crippen LogP contribution in [-0.2, 0) is 4.79 Å². The van der Waals surface area contributed by atoms with Gasteiger partial charge in [0.05, 0.1) is 5.92 Å². The first-order valence-corrected chi connectivity index (χ1v) is 6.55. The highest BCUT2D eigenvalue weighted by molar-refractivity contribution is 6.02. The number of nitrogens with two attached hydrogens (primary N) is 1. The number of amidine groups is 1. The Morgan fingerprint density at radius 2 is 2.28 bits per heavy atom. The number of carbonyl (C=O) groups is 1. The zero-order valence-electron chi connectivity index (χ0n) is 11.2. The van der Waals surface area contributed by atoms with E-state index >= 15 is 0 Å². The minimum absolute atomic E-state index is 0.00935. The van der Waals surface area contributed by atoms with Gasteiger partial charge in [-0.2, -0.15) is 0 Å². The highest BCUT2D eigenvalue weighted by atomic mass is 16.4. The standard InChI is InChI=1S/C12H24N4O2/c1-3-4-10(11(13)15-18)12(17)14-7-8-16(2)9-5-6-9/h9-10,18H,3-8H2,1-2H3,(H2,13,15)(H,14,17). The zero-order chi connectivity index (χ0) is 13.5. The Labute approximate surface area is 108 Å². The van der Waals surface area contributed by atoms with Gasteiger partial charge >= 0.3 is 0 Å². The average Bonchev–Trinajstić information content (AvgIpc) is 3.18. The molecule has 0 aromatic carbocycles. The monoisotopic (exact) mass is 256 g/mol. The van der Waals surface area contributed by atoms with Gasteiger partial charge in [-0.1, -0.05) is 18.5 Å². The van der Waals surface area contributed by atoms with E-state index in [-0.39, 0.29) is 11.7 Å². The molecule has 18 heavy (non-hydrogen) atoms. The van der Waals surface area contributed by atoms with Crippen LogP contribution in [0.25, 0.3) is 0 Å². The van der Waals surface area contributed by atoms with Crippen molar-refractivity contribution >= 4 is 11.7 Å². The Balaban J connectivity index is 2.31. The van der Waals surface area contributed by atoms with Crippen LogP contribution < -0.4 is 11.1 Å². The van der Waals surface area contributed by atoms with Gasteiger partial charge in [0.25, 0.3) is 0 Å². The van der Waals surface area contributed by atoms with E-state index in [0.717, 1.165) is 13.0 Å². The third kappa shape index (κ3) is 4.52. The number of amides is 1. The van der Waals surface area contributed by atoms with Gasteiger partial charge in [0, 0.05) is 19.1 Å². The van der Waals surface area contributed by atoms with Crippen molar-refractivity contribution in [1.82, 2.24) is 10.2 Å². The van der Waals surface area contributed by atoms with Gasteiger partial charge < -0.3 is 21.2 Å². The Morgan fingerprint density at radius 3 is 2.78 bits per heavy atom. The van der Waals surface area contributed by atoms with Crippen LogP contribution in [0.3, 0.4) is 0 Å². The summed E-state index contributed by atoms with van der Waals surface area (Å²) in [5.74, 6) is -0.688. The van der Waals surface area contributed by atoms with Crippen molar-refractivity contribution in [2.75, 3.05) is 20.1 Å². The average molecular weight is 256 g/mol. The lowest BCUT2D eigenvalue weighted by atomic mass is 10.0. The first-order valence-electron chi connectivity index (χ1n) is 6.55. The number of likely N-dealkylation sites (N-methyl/N-ethyl adjacent to an activating group) is 1. The molecular weight excluding hydrogens is 232 g/mol. The number of rotatable bonds is 8. The molecule has 0 aromatic rings. The first-order chi connectivity index (χ1) is 8.60. The maximum atomic E-state index is 11.9. The van der Waals surface area contributed by atoms with Gasteiger partial charge in [0.15, 0.2) is 5.84 Å². The molecule has 6 heteroatoms. The Kier molecular flexibility index (Phi) is 5.91. The van der Waals surface area contributed by atoms with Gasteiger partial charge in [-0.05, 0) is 26.3 Å². The van der Waals surface area contributed by atoms with Crippen molar-refractivity contribution in [3.63, 3.8) is 0 Å². The van der Waals surface area contributed by atoms with Crippen molar-refractivity contribution < 1.29 is 10.0 Å². The number of carbonyl (C=O) groups excluding carboxylic acids is 1. The highest BCUT2D eigenvalue weighted by Gasteiger charge is 2.26. The first kappa shape index (κ1) is 14.8. The van der Waals surface area contributed by atoms with Crippen LogP contribution in [-0.4, -0.2) is 48.0 Å². The molecule has 1 fully saturated rings. The minimum atomic E-state index is -0.522. The summed E-state index contributed by atoms with van der Waals surface area (Å²) in [7, 11) is 2.07. The fourth-order valence-electron chi connectivity index (χ4n) is 1.95. The molecule has 1 rings (SSSR count). The molecule has 0 spiro atoms. The summed E-state index contributed by atoms with van der Waals surface area (Å²) in [6, 6.07) is 0.692. The molecule has 1 saturated carbocycles. The summed E-state index contributed by atoms with van der Waals surface area (Å²) in [6.07, 6.45) is 3.93. The van der Waals surface area contributed by atoms with E-state index in [0.29, 0.717) is 19.0 Å². The second-order valence-corrected chi connectivity index (χ2v) is 4.87. The van der Waals surface area contributed by atoms with E-state index in [1.165, 1.54) is 12.8 Å². The molecule has 0 heterocycles. The smallest absolute Gasteiger partial charge is 0.230 e. The molecule has 0 radical (unpaired) electrons. The van der Waals surface area contributed by atoms with Crippen LogP contribution in [0.1, 0.15) is 32.6 Å². The Hall–Kier alpha value is -1.30. The van der Waals surface area contributed by atoms with Crippen LogP contribution in [0.15, 0.2) is 5.16 Å². The van der Waals surface area contributed by atoms with Crippen molar-refractivity contribution in [2.45, 2.75) is 38.6 Å². The van der Waals surface area contributed by atoms with E-state index < -0.39 is 5.92 Å². The molecule has 0 saturated heterocycles. The maximum absolute atomic E-state index is 11.9. The van der Waals surface area contributed by atoms with Crippen molar-refractivity contribution in [3.8, 4) is 0 Å². The maximum Gasteiger partial charge on any atom is 0.230 e. The predicted octanol–water partition coefficient (Wildman–Crippen LogP) is 0.360. The van der Waals surface area contributed by atoms with E-state index in [9.17, 15) is 4.79 Å². The molecule has 104 valence electrons. The van der Waals surface area contributed by atoms with E-state index in [2.05, 4.69) is 22.4 Å². The molecule has 0 bridgehead atoms. The second kappa shape index (κ2) is 7.20. The number of nitrogens with zero attached hydrogens (tertiary/aromatic N) is 2. The predicted molar refractivity (Wildman–Crippen MR) is 70.5 cm³/mol. The normalized spacial score (nSPS) is 17.8. The van der Waals surface area contributed by atoms with Gasteiger partial charge in [-0.3, -0.25) is 4.79 Å². The fraction of sp³-hybridized carbons (Fsp3) is 0.833. The van der Waals surface area contributed by atoms with Crippen LogP contribution in [0, 0.1) is 5.92 Å². The van der Waals surface area contributed by atoms with E-state index in [1.807, 2.05) is 6.92 Å². The number of oxime groups is 1. The fourth-order valence-corrected chi connectivity index (χ4v) is 1.95. The summed E-state index contributed by atoms with van der Waals surface area (Å²) in [4.78, 5) is 14.1. The van der Waals surface area contributed by atoms with E-state index in [1.54, 1.807) is 0 Å². The summed E-state index contributed by atoms with van der Waals surface area (Å²) >= 11 is 0. The zero-order valence-corrected chi connectivity index (χ0v) is 11.2. The number of nitrogens with one attached hydrogen (secondary N) is 1. The molecule has 0 aliphatic heterocycles. The van der Waals surface area contributed by atoms with Gasteiger partial charge in [0.1, 0.15) is 0 Å². The van der Waals surface area contributed by atoms with Crippen molar-refractivity contribution in [1.29, 1.82) is 0 Å². The Morgan fingerprint density at radius 1 is 1.61 bits per heavy atom. The van der Waals surface area contributed by atoms with E-state index in [4.69, 9.17) is 10.9 Å².